The molecule has 1 aliphatic carbocycles. The van der Waals surface area contributed by atoms with Gasteiger partial charge < -0.3 is 5.11 Å². The molecule has 1 aromatic rings. The molecule has 1 saturated carbocycles. The number of rotatable bonds is 4. The third-order valence-corrected chi connectivity index (χ3v) is 5.46. The highest BCUT2D eigenvalue weighted by Gasteiger charge is 2.28. The molecule has 2 rings (SSSR count). The van der Waals surface area contributed by atoms with E-state index in [-0.39, 0.29) is 27.4 Å². The largest absolute Gasteiger partial charge is 0.478 e. The van der Waals surface area contributed by atoms with Crippen molar-refractivity contribution in [1.82, 2.24) is 4.72 Å². The summed E-state index contributed by atoms with van der Waals surface area (Å²) in [4.78, 5) is 10.9. The summed E-state index contributed by atoms with van der Waals surface area (Å²) < 4.78 is 27.2. The first-order chi connectivity index (χ1) is 9.31. The Kier molecular flexibility index (Phi) is 4.36. The van der Waals surface area contributed by atoms with Crippen molar-refractivity contribution < 1.29 is 18.3 Å². The van der Waals surface area contributed by atoms with Crippen LogP contribution in [0.2, 0.25) is 5.02 Å². The number of benzene rings is 1. The second kappa shape index (κ2) is 5.71. The molecule has 7 heteroatoms. The maximum atomic E-state index is 12.3. The first-order valence-electron chi connectivity index (χ1n) is 6.36. The molecule has 2 unspecified atom stereocenters. The number of carboxylic acids is 1. The summed E-state index contributed by atoms with van der Waals surface area (Å²) in [7, 11) is -3.72. The van der Waals surface area contributed by atoms with Crippen molar-refractivity contribution in [1.29, 1.82) is 0 Å². The molecule has 1 fully saturated rings. The van der Waals surface area contributed by atoms with Gasteiger partial charge in [-0.25, -0.2) is 17.9 Å². The fourth-order valence-corrected chi connectivity index (χ4v) is 4.03. The summed E-state index contributed by atoms with van der Waals surface area (Å²) in [6, 6.07) is 3.60. The number of carbonyl (C=O) groups is 1. The molecule has 0 radical (unpaired) electrons. The van der Waals surface area contributed by atoms with Gasteiger partial charge in [-0.15, -0.1) is 0 Å². The van der Waals surface area contributed by atoms with Crippen molar-refractivity contribution in [2.75, 3.05) is 0 Å². The highest BCUT2D eigenvalue weighted by molar-refractivity contribution is 7.89. The van der Waals surface area contributed by atoms with E-state index in [0.29, 0.717) is 0 Å². The summed E-state index contributed by atoms with van der Waals surface area (Å²) in [5.74, 6) is -0.961. The molecule has 0 bridgehead atoms. The van der Waals surface area contributed by atoms with Crippen LogP contribution < -0.4 is 4.72 Å². The molecule has 0 amide bonds. The predicted octanol–water partition coefficient (Wildman–Crippen LogP) is 2.51. The first-order valence-corrected chi connectivity index (χ1v) is 8.22. The second-order valence-electron chi connectivity index (χ2n) is 5.08. The van der Waals surface area contributed by atoms with E-state index in [1.165, 1.54) is 12.1 Å². The summed E-state index contributed by atoms with van der Waals surface area (Å²) in [6.07, 6.45) is 2.79. The molecule has 2 atom stereocenters. The molecule has 0 spiro atoms. The van der Waals surface area contributed by atoms with Crippen molar-refractivity contribution in [3.63, 3.8) is 0 Å². The van der Waals surface area contributed by atoms with Crippen LogP contribution in [0.1, 0.15) is 36.5 Å². The molecule has 0 heterocycles. The number of aromatic carboxylic acids is 1. The second-order valence-corrected chi connectivity index (χ2v) is 7.20. The van der Waals surface area contributed by atoms with Crippen molar-refractivity contribution >= 4 is 27.6 Å². The molecule has 0 aliphatic heterocycles. The highest BCUT2D eigenvalue weighted by atomic mass is 35.5. The zero-order valence-corrected chi connectivity index (χ0v) is 12.5. The molecular formula is C13H16ClNO4S. The number of hydrogen-bond donors (Lipinski definition) is 2. The van der Waals surface area contributed by atoms with E-state index < -0.39 is 16.0 Å². The Balaban J connectivity index is 2.30. The maximum Gasteiger partial charge on any atom is 0.337 e. The number of sulfonamides is 1. The molecule has 0 saturated heterocycles. The number of nitrogens with one attached hydrogen (secondary N) is 1. The summed E-state index contributed by atoms with van der Waals surface area (Å²) in [6.45, 7) is 2.00. The average molecular weight is 318 g/mol. The number of carboxylic acid groups (broad SMARTS) is 1. The van der Waals surface area contributed by atoms with Crippen LogP contribution in [-0.4, -0.2) is 25.5 Å². The van der Waals surface area contributed by atoms with Crippen LogP contribution in [0.25, 0.3) is 0 Å². The molecule has 5 nitrogen and oxygen atoms in total. The smallest absolute Gasteiger partial charge is 0.337 e. The maximum absolute atomic E-state index is 12.3. The van der Waals surface area contributed by atoms with Crippen molar-refractivity contribution in [2.24, 2.45) is 5.92 Å². The molecule has 20 heavy (non-hydrogen) atoms. The predicted molar refractivity (Wildman–Crippen MR) is 75.5 cm³/mol. The topological polar surface area (TPSA) is 83.5 Å². The van der Waals surface area contributed by atoms with Gasteiger partial charge in [0.2, 0.25) is 10.0 Å². The quantitative estimate of drug-likeness (QED) is 0.893. The van der Waals surface area contributed by atoms with Crippen LogP contribution in [0, 0.1) is 5.92 Å². The van der Waals surface area contributed by atoms with E-state index in [1.807, 2.05) is 6.92 Å². The van der Waals surface area contributed by atoms with Gasteiger partial charge >= 0.3 is 5.97 Å². The Bertz CT molecular complexity index is 629. The lowest BCUT2D eigenvalue weighted by atomic mass is 10.1. The van der Waals surface area contributed by atoms with E-state index in [0.717, 1.165) is 25.3 Å². The lowest BCUT2D eigenvalue weighted by molar-refractivity contribution is 0.0697. The van der Waals surface area contributed by atoms with Crippen molar-refractivity contribution in [3.8, 4) is 0 Å². The minimum Gasteiger partial charge on any atom is -0.478 e. The SMILES string of the molecule is CC1CCCC1NS(=O)(=O)c1ccc(Cl)c(C(=O)O)c1. The van der Waals surface area contributed by atoms with Gasteiger partial charge in [0, 0.05) is 6.04 Å². The zero-order valence-electron chi connectivity index (χ0n) is 11.0. The van der Waals surface area contributed by atoms with Crippen LogP contribution in [0.3, 0.4) is 0 Å². The Morgan fingerprint density at radius 1 is 1.40 bits per heavy atom. The Hall–Kier alpha value is -1.11. The van der Waals surface area contributed by atoms with Crippen molar-refractivity contribution in [2.45, 2.75) is 37.1 Å². The van der Waals surface area contributed by atoms with E-state index in [4.69, 9.17) is 16.7 Å². The van der Waals surface area contributed by atoms with Crippen LogP contribution in [-0.2, 0) is 10.0 Å². The molecule has 2 N–H and O–H groups in total. The Labute approximate surface area is 123 Å². The molecule has 1 aliphatic rings. The standard InChI is InChI=1S/C13H16ClNO4S/c1-8-3-2-4-12(8)15-20(18,19)9-5-6-11(14)10(7-9)13(16)17/h5-8,12,15H,2-4H2,1H3,(H,16,17). The van der Waals surface area contributed by atoms with Gasteiger partial charge in [0.05, 0.1) is 15.5 Å². The minimum absolute atomic E-state index is 0.0192. The van der Waals surface area contributed by atoms with Gasteiger partial charge in [-0.3, -0.25) is 0 Å². The fraction of sp³-hybridized carbons (Fsp3) is 0.462. The highest BCUT2D eigenvalue weighted by Crippen LogP contribution is 2.27. The van der Waals surface area contributed by atoms with Gasteiger partial charge in [0.15, 0.2) is 0 Å². The summed E-state index contributed by atoms with van der Waals surface area (Å²) >= 11 is 5.74. The van der Waals surface area contributed by atoms with Gasteiger partial charge in [-0.1, -0.05) is 24.9 Å². The van der Waals surface area contributed by atoms with Crippen molar-refractivity contribution in [3.05, 3.63) is 28.8 Å². The normalized spacial score (nSPS) is 22.9. The van der Waals surface area contributed by atoms with Crippen LogP contribution in [0.4, 0.5) is 0 Å². The van der Waals surface area contributed by atoms with Gasteiger partial charge in [-0.2, -0.15) is 0 Å². The van der Waals surface area contributed by atoms with Gasteiger partial charge in [-0.05, 0) is 37.0 Å². The van der Waals surface area contributed by atoms with E-state index in [2.05, 4.69) is 4.72 Å². The van der Waals surface area contributed by atoms with Gasteiger partial charge in [0.25, 0.3) is 0 Å². The van der Waals surface area contributed by atoms with E-state index in [1.54, 1.807) is 0 Å². The third kappa shape index (κ3) is 3.13. The molecule has 0 aromatic heterocycles. The minimum atomic E-state index is -3.72. The summed E-state index contributed by atoms with van der Waals surface area (Å²) in [5.41, 5.74) is -0.214. The monoisotopic (exact) mass is 317 g/mol. The summed E-state index contributed by atoms with van der Waals surface area (Å²) in [5, 5.41) is 9.00. The first kappa shape index (κ1) is 15.3. The third-order valence-electron chi connectivity index (χ3n) is 3.65. The van der Waals surface area contributed by atoms with E-state index >= 15 is 0 Å². The number of halogens is 1. The number of hydrogen-bond acceptors (Lipinski definition) is 3. The lowest BCUT2D eigenvalue weighted by Crippen LogP contribution is -2.36. The van der Waals surface area contributed by atoms with Crippen LogP contribution >= 0.6 is 11.6 Å². The fourth-order valence-electron chi connectivity index (χ4n) is 2.42. The average Bonchev–Trinajstić information content (AvgIpc) is 2.74. The van der Waals surface area contributed by atoms with Crippen LogP contribution in [0.15, 0.2) is 23.1 Å². The Morgan fingerprint density at radius 2 is 2.10 bits per heavy atom. The lowest BCUT2D eigenvalue weighted by Gasteiger charge is -2.17. The van der Waals surface area contributed by atoms with Crippen LogP contribution in [0.5, 0.6) is 0 Å². The Morgan fingerprint density at radius 3 is 2.65 bits per heavy atom. The molecular weight excluding hydrogens is 302 g/mol. The van der Waals surface area contributed by atoms with E-state index in [9.17, 15) is 13.2 Å². The molecule has 110 valence electrons. The zero-order chi connectivity index (χ0) is 14.9. The molecule has 1 aromatic carbocycles. The van der Waals surface area contributed by atoms with Gasteiger partial charge in [0.1, 0.15) is 0 Å².